The zero-order valence-corrected chi connectivity index (χ0v) is 17.2. The van der Waals surface area contributed by atoms with Gasteiger partial charge in [0.05, 0.1) is 12.0 Å². The third kappa shape index (κ3) is 4.50. The molecule has 2 fully saturated rings. The Morgan fingerprint density at radius 3 is 2.79 bits per heavy atom. The van der Waals surface area contributed by atoms with Crippen molar-refractivity contribution in [2.75, 3.05) is 26.2 Å². The lowest BCUT2D eigenvalue weighted by Crippen LogP contribution is -2.51. The highest BCUT2D eigenvalue weighted by Gasteiger charge is 2.33. The topological polar surface area (TPSA) is 62.5 Å². The number of amides is 1. The summed E-state index contributed by atoms with van der Waals surface area (Å²) in [5.74, 6) is 1.68. The summed E-state index contributed by atoms with van der Waals surface area (Å²) < 4.78 is 19.0. The van der Waals surface area contributed by atoms with E-state index in [-0.39, 0.29) is 23.7 Å². The molecule has 2 aromatic rings. The first-order valence-electron chi connectivity index (χ1n) is 10.6. The molecule has 0 bridgehead atoms. The molecule has 0 saturated carbocycles. The molecular formula is C22H29FN4O2. The highest BCUT2D eigenvalue weighted by atomic mass is 19.1. The van der Waals surface area contributed by atoms with Crippen molar-refractivity contribution in [1.29, 1.82) is 0 Å². The van der Waals surface area contributed by atoms with Crippen LogP contribution in [0.5, 0.6) is 0 Å². The zero-order valence-electron chi connectivity index (χ0n) is 17.2. The number of benzene rings is 1. The van der Waals surface area contributed by atoms with Gasteiger partial charge in [0.25, 0.3) is 0 Å². The van der Waals surface area contributed by atoms with Gasteiger partial charge in [-0.2, -0.15) is 4.98 Å². The molecule has 2 atom stereocenters. The van der Waals surface area contributed by atoms with Gasteiger partial charge in [0.15, 0.2) is 0 Å². The van der Waals surface area contributed by atoms with E-state index in [1.807, 2.05) is 11.8 Å². The molecule has 2 aliphatic rings. The van der Waals surface area contributed by atoms with Gasteiger partial charge in [-0.25, -0.2) is 4.39 Å². The quantitative estimate of drug-likeness (QED) is 0.783. The molecule has 29 heavy (non-hydrogen) atoms. The number of aromatic nitrogens is 2. The highest BCUT2D eigenvalue weighted by molar-refractivity contribution is 5.81. The summed E-state index contributed by atoms with van der Waals surface area (Å²) >= 11 is 0. The van der Waals surface area contributed by atoms with E-state index >= 15 is 0 Å². The Kier molecular flexibility index (Phi) is 5.94. The minimum Gasteiger partial charge on any atom is -0.341 e. The molecule has 4 rings (SSSR count). The molecule has 0 radical (unpaired) electrons. The minimum absolute atomic E-state index is 0.0928. The number of hydrogen-bond acceptors (Lipinski definition) is 5. The number of likely N-dealkylation sites (tertiary alicyclic amines) is 2. The maximum atomic E-state index is 13.5. The van der Waals surface area contributed by atoms with E-state index in [2.05, 4.69) is 22.0 Å². The summed E-state index contributed by atoms with van der Waals surface area (Å²) in [4.78, 5) is 21.7. The van der Waals surface area contributed by atoms with Gasteiger partial charge in [0.1, 0.15) is 5.82 Å². The SMILES string of the molecule is CC1CCN(C(=O)C(C)N2CCCC(c3nc(-c4cccc(F)c4)no3)C2)CC1. The predicted molar refractivity (Wildman–Crippen MR) is 108 cm³/mol. The lowest BCUT2D eigenvalue weighted by molar-refractivity contribution is -0.138. The van der Waals surface area contributed by atoms with Crippen molar-refractivity contribution in [2.45, 2.75) is 51.5 Å². The van der Waals surface area contributed by atoms with Crippen LogP contribution in [0.3, 0.4) is 0 Å². The van der Waals surface area contributed by atoms with E-state index < -0.39 is 0 Å². The molecule has 1 aromatic carbocycles. The molecule has 156 valence electrons. The third-order valence-electron chi connectivity index (χ3n) is 6.33. The molecule has 6 nitrogen and oxygen atoms in total. The van der Waals surface area contributed by atoms with E-state index in [0.29, 0.717) is 23.2 Å². The molecule has 2 aliphatic heterocycles. The van der Waals surface area contributed by atoms with Crippen LogP contribution in [-0.2, 0) is 4.79 Å². The smallest absolute Gasteiger partial charge is 0.239 e. The van der Waals surface area contributed by atoms with Gasteiger partial charge in [0, 0.05) is 25.2 Å². The molecule has 2 unspecified atom stereocenters. The van der Waals surface area contributed by atoms with Crippen LogP contribution in [-0.4, -0.2) is 58.1 Å². The predicted octanol–water partition coefficient (Wildman–Crippen LogP) is 3.70. The number of piperidine rings is 2. The van der Waals surface area contributed by atoms with Crippen LogP contribution in [0.1, 0.15) is 51.3 Å². The maximum Gasteiger partial charge on any atom is 0.239 e. The van der Waals surface area contributed by atoms with Crippen molar-refractivity contribution in [3.63, 3.8) is 0 Å². The average molecular weight is 400 g/mol. The summed E-state index contributed by atoms with van der Waals surface area (Å²) in [5.41, 5.74) is 0.607. The standard InChI is InChI=1S/C22H29FN4O2/c1-15-8-11-26(12-9-15)22(28)16(2)27-10-4-6-18(14-27)21-24-20(25-29-21)17-5-3-7-19(23)13-17/h3,5,7,13,15-16,18H,4,6,8-12,14H2,1-2H3. The van der Waals surface area contributed by atoms with Gasteiger partial charge in [-0.05, 0) is 57.2 Å². The molecule has 0 N–H and O–H groups in total. The molecule has 2 saturated heterocycles. The Morgan fingerprint density at radius 2 is 2.03 bits per heavy atom. The largest absolute Gasteiger partial charge is 0.341 e. The summed E-state index contributed by atoms with van der Waals surface area (Å²) in [7, 11) is 0. The van der Waals surface area contributed by atoms with Gasteiger partial charge in [0.2, 0.25) is 17.6 Å². The first kappa shape index (κ1) is 20.0. The first-order valence-corrected chi connectivity index (χ1v) is 10.6. The summed E-state index contributed by atoms with van der Waals surface area (Å²) in [6.07, 6.45) is 4.11. The number of carbonyl (C=O) groups is 1. The molecule has 0 spiro atoms. The van der Waals surface area contributed by atoms with Gasteiger partial charge in [-0.15, -0.1) is 0 Å². The van der Waals surface area contributed by atoms with Gasteiger partial charge in [-0.1, -0.05) is 24.2 Å². The Morgan fingerprint density at radius 1 is 1.24 bits per heavy atom. The number of nitrogens with zero attached hydrogens (tertiary/aromatic N) is 4. The van der Waals surface area contributed by atoms with Crippen molar-refractivity contribution < 1.29 is 13.7 Å². The first-order chi connectivity index (χ1) is 14.0. The van der Waals surface area contributed by atoms with E-state index in [1.165, 1.54) is 12.1 Å². The highest BCUT2D eigenvalue weighted by Crippen LogP contribution is 2.29. The normalized spacial score (nSPS) is 22.6. The Balaban J connectivity index is 1.41. The molecular weight excluding hydrogens is 371 g/mol. The van der Waals surface area contributed by atoms with Crippen molar-refractivity contribution in [3.05, 3.63) is 36.0 Å². The average Bonchev–Trinajstić information content (AvgIpc) is 3.24. The van der Waals surface area contributed by atoms with Gasteiger partial charge >= 0.3 is 0 Å². The van der Waals surface area contributed by atoms with Crippen molar-refractivity contribution in [2.24, 2.45) is 5.92 Å². The Hall–Kier alpha value is -2.28. The van der Waals surface area contributed by atoms with Crippen LogP contribution in [0.2, 0.25) is 0 Å². The van der Waals surface area contributed by atoms with Crippen LogP contribution in [0.4, 0.5) is 4.39 Å². The summed E-state index contributed by atoms with van der Waals surface area (Å²) in [6.45, 7) is 7.61. The minimum atomic E-state index is -0.322. The lowest BCUT2D eigenvalue weighted by atomic mass is 9.95. The van der Waals surface area contributed by atoms with E-state index in [4.69, 9.17) is 4.52 Å². The Labute approximate surface area is 171 Å². The third-order valence-corrected chi connectivity index (χ3v) is 6.33. The fourth-order valence-corrected chi connectivity index (χ4v) is 4.35. The van der Waals surface area contributed by atoms with Crippen LogP contribution in [0, 0.1) is 11.7 Å². The second-order valence-corrected chi connectivity index (χ2v) is 8.48. The number of hydrogen-bond donors (Lipinski definition) is 0. The van der Waals surface area contributed by atoms with Crippen molar-refractivity contribution in [1.82, 2.24) is 19.9 Å². The van der Waals surface area contributed by atoms with Gasteiger partial charge in [-0.3, -0.25) is 9.69 Å². The monoisotopic (exact) mass is 400 g/mol. The van der Waals surface area contributed by atoms with E-state index in [0.717, 1.165) is 51.9 Å². The van der Waals surface area contributed by atoms with Crippen LogP contribution < -0.4 is 0 Å². The van der Waals surface area contributed by atoms with Crippen LogP contribution >= 0.6 is 0 Å². The van der Waals surface area contributed by atoms with E-state index in [1.54, 1.807) is 12.1 Å². The summed E-state index contributed by atoms with van der Waals surface area (Å²) in [6, 6.07) is 6.06. The van der Waals surface area contributed by atoms with Crippen LogP contribution in [0.25, 0.3) is 11.4 Å². The van der Waals surface area contributed by atoms with E-state index in [9.17, 15) is 9.18 Å². The lowest BCUT2D eigenvalue weighted by Gasteiger charge is -2.38. The van der Waals surface area contributed by atoms with Crippen molar-refractivity contribution in [3.8, 4) is 11.4 Å². The summed E-state index contributed by atoms with van der Waals surface area (Å²) in [5, 5.41) is 4.04. The van der Waals surface area contributed by atoms with Gasteiger partial charge < -0.3 is 9.42 Å². The molecule has 7 heteroatoms. The fourth-order valence-electron chi connectivity index (χ4n) is 4.35. The number of carbonyl (C=O) groups excluding carboxylic acids is 1. The number of rotatable bonds is 4. The second kappa shape index (κ2) is 8.61. The molecule has 1 aromatic heterocycles. The maximum absolute atomic E-state index is 13.5. The molecule has 1 amide bonds. The van der Waals surface area contributed by atoms with Crippen molar-refractivity contribution >= 4 is 5.91 Å². The zero-order chi connectivity index (χ0) is 20.4. The number of halogens is 1. The molecule has 0 aliphatic carbocycles. The molecule has 3 heterocycles. The Bertz CT molecular complexity index is 847. The second-order valence-electron chi connectivity index (χ2n) is 8.48. The fraction of sp³-hybridized carbons (Fsp3) is 0.591. The van der Waals surface area contributed by atoms with Crippen LogP contribution in [0.15, 0.2) is 28.8 Å².